The third-order valence-corrected chi connectivity index (χ3v) is 7.03. The highest BCUT2D eigenvalue weighted by molar-refractivity contribution is 7.98. The largest absolute Gasteiger partial charge is 0.468 e. The predicted octanol–water partition coefficient (Wildman–Crippen LogP) is 6.13. The minimum absolute atomic E-state index is 0.140. The Hall–Kier alpha value is -2.90. The van der Waals surface area contributed by atoms with E-state index >= 15 is 0 Å². The Labute approximate surface area is 218 Å². The van der Waals surface area contributed by atoms with Crippen molar-refractivity contribution in [2.45, 2.75) is 50.5 Å². The Balaban J connectivity index is 2.11. The van der Waals surface area contributed by atoms with E-state index in [0.717, 1.165) is 16.0 Å². The molecule has 1 aliphatic heterocycles. The molecule has 1 aliphatic rings. The van der Waals surface area contributed by atoms with Crippen LogP contribution in [0, 0.1) is 5.92 Å². The number of methoxy groups -OCH3 is 1. The molecule has 7 heteroatoms. The fourth-order valence-electron chi connectivity index (χ4n) is 4.68. The first-order valence-corrected chi connectivity index (χ1v) is 13.5. The molecule has 36 heavy (non-hydrogen) atoms. The van der Waals surface area contributed by atoms with Gasteiger partial charge in [0.15, 0.2) is 0 Å². The standard InChI is InChI=1S/C29H35NO5S/c1-6-34-24(20-12-9-8-10-13-20)17-16-23-27(29(32)35-7-2)26(21-14-11-15-22(18-21)36-5)25(19(3)30-23)28(31)33-4/h8-15,18,24-26H,6-7,16-17H2,1-5H3. The van der Waals surface area contributed by atoms with Crippen LogP contribution in [-0.2, 0) is 23.8 Å². The van der Waals surface area contributed by atoms with Gasteiger partial charge in [0, 0.05) is 23.1 Å². The van der Waals surface area contributed by atoms with E-state index in [1.54, 1.807) is 18.7 Å². The zero-order chi connectivity index (χ0) is 26.1. The second-order valence-electron chi connectivity index (χ2n) is 8.48. The van der Waals surface area contributed by atoms with Crippen LogP contribution in [0.3, 0.4) is 0 Å². The molecule has 0 aromatic heterocycles. The first-order chi connectivity index (χ1) is 17.4. The van der Waals surface area contributed by atoms with Crippen LogP contribution in [-0.4, -0.2) is 44.2 Å². The van der Waals surface area contributed by atoms with Crippen molar-refractivity contribution < 1.29 is 23.8 Å². The number of carbonyl (C=O) groups excluding carboxylic acids is 2. The fourth-order valence-corrected chi connectivity index (χ4v) is 5.15. The molecule has 0 saturated carbocycles. The number of benzene rings is 2. The van der Waals surface area contributed by atoms with Gasteiger partial charge in [-0.3, -0.25) is 9.79 Å². The molecule has 0 fully saturated rings. The van der Waals surface area contributed by atoms with Gasteiger partial charge in [-0.25, -0.2) is 4.79 Å². The van der Waals surface area contributed by atoms with Gasteiger partial charge in [-0.15, -0.1) is 11.8 Å². The molecule has 1 heterocycles. The molecule has 192 valence electrons. The number of carbonyl (C=O) groups is 2. The zero-order valence-electron chi connectivity index (χ0n) is 21.7. The van der Waals surface area contributed by atoms with Gasteiger partial charge in [0.1, 0.15) is 5.92 Å². The maximum absolute atomic E-state index is 13.4. The minimum atomic E-state index is -0.716. The Morgan fingerprint density at radius 2 is 1.81 bits per heavy atom. The lowest BCUT2D eigenvalue weighted by Gasteiger charge is -2.32. The summed E-state index contributed by atoms with van der Waals surface area (Å²) in [5, 5.41) is 0. The van der Waals surface area contributed by atoms with Crippen molar-refractivity contribution in [3.63, 3.8) is 0 Å². The molecule has 2 aromatic rings. The summed E-state index contributed by atoms with van der Waals surface area (Å²) in [4.78, 5) is 32.2. The summed E-state index contributed by atoms with van der Waals surface area (Å²) < 4.78 is 16.7. The van der Waals surface area contributed by atoms with Crippen LogP contribution in [0.4, 0.5) is 0 Å². The van der Waals surface area contributed by atoms with E-state index in [2.05, 4.69) is 0 Å². The quantitative estimate of drug-likeness (QED) is 0.268. The van der Waals surface area contributed by atoms with E-state index in [9.17, 15) is 9.59 Å². The van der Waals surface area contributed by atoms with E-state index in [4.69, 9.17) is 19.2 Å². The van der Waals surface area contributed by atoms with Crippen LogP contribution in [0.2, 0.25) is 0 Å². The summed E-state index contributed by atoms with van der Waals surface area (Å²) in [6.07, 6.45) is 2.99. The molecule has 0 radical (unpaired) electrons. The van der Waals surface area contributed by atoms with Crippen LogP contribution in [0.25, 0.3) is 0 Å². The number of aliphatic imine (C=N–C) groups is 1. The van der Waals surface area contributed by atoms with Gasteiger partial charge >= 0.3 is 11.9 Å². The van der Waals surface area contributed by atoms with E-state index in [1.807, 2.05) is 74.7 Å². The monoisotopic (exact) mass is 509 g/mol. The topological polar surface area (TPSA) is 74.2 Å². The van der Waals surface area contributed by atoms with Gasteiger partial charge in [0.05, 0.1) is 31.1 Å². The Bertz CT molecular complexity index is 1110. The van der Waals surface area contributed by atoms with Crippen molar-refractivity contribution >= 4 is 29.4 Å². The lowest BCUT2D eigenvalue weighted by molar-refractivity contribution is -0.144. The number of hydrogen-bond acceptors (Lipinski definition) is 7. The van der Waals surface area contributed by atoms with Gasteiger partial charge in [-0.2, -0.15) is 0 Å². The molecule has 3 rings (SSSR count). The highest BCUT2D eigenvalue weighted by atomic mass is 32.2. The van der Waals surface area contributed by atoms with Crippen molar-refractivity contribution in [3.8, 4) is 0 Å². The number of ether oxygens (including phenoxy) is 3. The van der Waals surface area contributed by atoms with Crippen LogP contribution in [0.5, 0.6) is 0 Å². The number of hydrogen-bond donors (Lipinski definition) is 0. The molecule has 6 nitrogen and oxygen atoms in total. The lowest BCUT2D eigenvalue weighted by Crippen LogP contribution is -2.36. The molecule has 2 aromatic carbocycles. The van der Waals surface area contributed by atoms with Crippen LogP contribution < -0.4 is 0 Å². The van der Waals surface area contributed by atoms with Gasteiger partial charge in [0.2, 0.25) is 0 Å². The average molecular weight is 510 g/mol. The summed E-state index contributed by atoms with van der Waals surface area (Å²) >= 11 is 1.61. The summed E-state index contributed by atoms with van der Waals surface area (Å²) in [6, 6.07) is 18.0. The maximum Gasteiger partial charge on any atom is 0.336 e. The molecular weight excluding hydrogens is 474 g/mol. The van der Waals surface area contributed by atoms with Crippen LogP contribution in [0.15, 0.2) is 75.8 Å². The maximum atomic E-state index is 13.4. The second-order valence-corrected chi connectivity index (χ2v) is 9.36. The highest BCUT2D eigenvalue weighted by Crippen LogP contribution is 2.42. The number of nitrogens with zero attached hydrogens (tertiary/aromatic N) is 1. The minimum Gasteiger partial charge on any atom is -0.468 e. The van der Waals surface area contributed by atoms with E-state index in [1.165, 1.54) is 7.11 Å². The molecule has 0 spiro atoms. The Kier molecular flexibility index (Phi) is 10.3. The predicted molar refractivity (Wildman–Crippen MR) is 143 cm³/mol. The lowest BCUT2D eigenvalue weighted by atomic mass is 9.75. The van der Waals surface area contributed by atoms with E-state index in [0.29, 0.717) is 36.4 Å². The molecule has 0 N–H and O–H groups in total. The molecule has 3 atom stereocenters. The van der Waals surface area contributed by atoms with Gasteiger partial charge in [-0.1, -0.05) is 42.5 Å². The third kappa shape index (κ3) is 6.45. The first-order valence-electron chi connectivity index (χ1n) is 12.3. The number of rotatable bonds is 11. The number of thioether (sulfide) groups is 1. The smallest absolute Gasteiger partial charge is 0.336 e. The first kappa shape index (κ1) is 27.7. The number of esters is 2. The van der Waals surface area contributed by atoms with Crippen LogP contribution >= 0.6 is 11.8 Å². The van der Waals surface area contributed by atoms with E-state index < -0.39 is 23.8 Å². The summed E-state index contributed by atoms with van der Waals surface area (Å²) in [6.45, 7) is 6.37. The van der Waals surface area contributed by atoms with Gasteiger partial charge in [0.25, 0.3) is 0 Å². The zero-order valence-corrected chi connectivity index (χ0v) is 22.5. The number of allylic oxidation sites excluding steroid dienone is 1. The van der Waals surface area contributed by atoms with Crippen molar-refractivity contribution in [3.05, 3.63) is 77.0 Å². The molecule has 0 saturated heterocycles. The fraction of sp³-hybridized carbons (Fsp3) is 0.414. The SMILES string of the molecule is CCOC(=O)C1=C(CCC(OCC)c2ccccc2)N=C(C)C(C(=O)OC)C1c1cccc(SC)c1. The van der Waals surface area contributed by atoms with Crippen molar-refractivity contribution in [1.82, 2.24) is 0 Å². The molecule has 3 unspecified atom stereocenters. The Morgan fingerprint density at radius 3 is 2.44 bits per heavy atom. The van der Waals surface area contributed by atoms with E-state index in [-0.39, 0.29) is 12.7 Å². The second kappa shape index (κ2) is 13.4. The molecular formula is C29H35NO5S. The van der Waals surface area contributed by atoms with Crippen molar-refractivity contribution in [2.24, 2.45) is 10.9 Å². The summed E-state index contributed by atoms with van der Waals surface area (Å²) in [5.41, 5.74) is 3.60. The Morgan fingerprint density at radius 1 is 1.06 bits per heavy atom. The normalized spacial score (nSPS) is 18.4. The van der Waals surface area contributed by atoms with Crippen molar-refractivity contribution in [2.75, 3.05) is 26.6 Å². The van der Waals surface area contributed by atoms with Crippen LogP contribution in [0.1, 0.15) is 56.8 Å². The summed E-state index contributed by atoms with van der Waals surface area (Å²) in [5.74, 6) is -2.15. The molecule has 0 amide bonds. The average Bonchev–Trinajstić information content (AvgIpc) is 2.90. The van der Waals surface area contributed by atoms with Gasteiger partial charge in [-0.05, 0) is 63.1 Å². The van der Waals surface area contributed by atoms with Gasteiger partial charge < -0.3 is 14.2 Å². The highest BCUT2D eigenvalue weighted by Gasteiger charge is 2.43. The third-order valence-electron chi connectivity index (χ3n) is 6.30. The summed E-state index contributed by atoms with van der Waals surface area (Å²) in [7, 11) is 1.36. The van der Waals surface area contributed by atoms with Crippen molar-refractivity contribution in [1.29, 1.82) is 0 Å². The molecule has 0 bridgehead atoms. The molecule has 0 aliphatic carbocycles.